The Kier molecular flexibility index (Phi) is 2.76. The van der Waals surface area contributed by atoms with E-state index in [1.54, 1.807) is 30.3 Å². The summed E-state index contributed by atoms with van der Waals surface area (Å²) in [5, 5.41) is 3.78. The van der Waals surface area contributed by atoms with Gasteiger partial charge in [-0.15, -0.1) is 0 Å². The summed E-state index contributed by atoms with van der Waals surface area (Å²) in [6.45, 7) is 0. The first-order valence-corrected chi connectivity index (χ1v) is 4.60. The van der Waals surface area contributed by atoms with Gasteiger partial charge < -0.3 is 0 Å². The molecule has 2 aromatic rings. The maximum absolute atomic E-state index is 12.5. The highest BCUT2D eigenvalue weighted by molar-refractivity contribution is 5.75. The van der Waals surface area contributed by atoms with Gasteiger partial charge in [0.05, 0.1) is 17.4 Å². The molecule has 0 radical (unpaired) electrons. The molecule has 5 heteroatoms. The maximum Gasteiger partial charge on any atom is 0.267 e. The van der Waals surface area contributed by atoms with E-state index in [0.29, 0.717) is 12.0 Å². The Morgan fingerprint density at radius 1 is 1.25 bits per heavy atom. The van der Waals surface area contributed by atoms with Gasteiger partial charge in [-0.05, 0) is 12.1 Å². The van der Waals surface area contributed by atoms with Crippen LogP contribution in [0, 0.1) is 0 Å². The largest absolute Gasteiger partial charge is 0.296 e. The highest BCUT2D eigenvalue weighted by atomic mass is 19.3. The van der Waals surface area contributed by atoms with Crippen molar-refractivity contribution in [3.8, 4) is 5.69 Å². The molecule has 1 aromatic carbocycles. The van der Waals surface area contributed by atoms with Crippen LogP contribution in [0.2, 0.25) is 0 Å². The fourth-order valence-corrected chi connectivity index (χ4v) is 1.43. The van der Waals surface area contributed by atoms with E-state index in [0.717, 1.165) is 6.20 Å². The lowest BCUT2D eigenvalue weighted by atomic mass is 10.2. The topological polar surface area (TPSA) is 34.9 Å². The minimum atomic E-state index is -2.70. The number of alkyl halides is 2. The molecule has 0 atom stereocenters. The average molecular weight is 222 g/mol. The van der Waals surface area contributed by atoms with E-state index in [-0.39, 0.29) is 11.3 Å². The van der Waals surface area contributed by atoms with Crippen LogP contribution in [0.15, 0.2) is 36.5 Å². The third-order valence-corrected chi connectivity index (χ3v) is 2.18. The van der Waals surface area contributed by atoms with Crippen molar-refractivity contribution in [1.82, 2.24) is 9.78 Å². The van der Waals surface area contributed by atoms with E-state index < -0.39 is 6.43 Å². The van der Waals surface area contributed by atoms with Gasteiger partial charge in [0.15, 0.2) is 6.29 Å². The summed E-state index contributed by atoms with van der Waals surface area (Å²) in [5.41, 5.74) is 0.122. The Balaban J connectivity index is 2.55. The van der Waals surface area contributed by atoms with Crippen LogP contribution >= 0.6 is 0 Å². The predicted molar refractivity (Wildman–Crippen MR) is 53.9 cm³/mol. The van der Waals surface area contributed by atoms with Crippen molar-refractivity contribution < 1.29 is 13.6 Å². The minimum absolute atomic E-state index is 0.110. The molecule has 16 heavy (non-hydrogen) atoms. The highest BCUT2D eigenvalue weighted by Crippen LogP contribution is 2.23. The van der Waals surface area contributed by atoms with Crippen LogP contribution in [-0.2, 0) is 0 Å². The summed E-state index contributed by atoms with van der Waals surface area (Å²) < 4.78 is 26.3. The maximum atomic E-state index is 12.5. The molecular formula is C11H8F2N2O. The normalized spacial score (nSPS) is 10.7. The second-order valence-electron chi connectivity index (χ2n) is 3.15. The van der Waals surface area contributed by atoms with Crippen LogP contribution in [0.4, 0.5) is 8.78 Å². The van der Waals surface area contributed by atoms with Crippen LogP contribution in [0.1, 0.15) is 22.5 Å². The van der Waals surface area contributed by atoms with Crippen molar-refractivity contribution in [2.45, 2.75) is 6.43 Å². The first kappa shape index (κ1) is 10.5. The number of benzene rings is 1. The summed E-state index contributed by atoms with van der Waals surface area (Å²) in [7, 11) is 0. The molecule has 82 valence electrons. The lowest BCUT2D eigenvalue weighted by molar-refractivity contribution is 0.110. The number of para-hydroxylation sites is 1. The fourth-order valence-electron chi connectivity index (χ4n) is 1.43. The number of rotatable bonds is 3. The van der Waals surface area contributed by atoms with Gasteiger partial charge in [-0.25, -0.2) is 13.5 Å². The molecule has 0 unspecified atom stereocenters. The van der Waals surface area contributed by atoms with Crippen LogP contribution in [0.3, 0.4) is 0 Å². The third-order valence-electron chi connectivity index (χ3n) is 2.18. The quantitative estimate of drug-likeness (QED) is 0.748. The predicted octanol–water partition coefficient (Wildman–Crippen LogP) is 2.62. The monoisotopic (exact) mass is 222 g/mol. The lowest BCUT2D eigenvalue weighted by Crippen LogP contribution is -2.02. The average Bonchev–Trinajstić information content (AvgIpc) is 2.73. The van der Waals surface area contributed by atoms with E-state index >= 15 is 0 Å². The van der Waals surface area contributed by atoms with Crippen LogP contribution in [-0.4, -0.2) is 16.1 Å². The Morgan fingerprint density at radius 2 is 1.94 bits per heavy atom. The van der Waals surface area contributed by atoms with Gasteiger partial charge in [-0.3, -0.25) is 4.79 Å². The number of carbonyl (C=O) groups excluding carboxylic acids is 1. The zero-order valence-corrected chi connectivity index (χ0v) is 8.18. The smallest absolute Gasteiger partial charge is 0.267 e. The molecule has 0 spiro atoms. The first-order chi connectivity index (χ1) is 7.74. The highest BCUT2D eigenvalue weighted by Gasteiger charge is 2.18. The number of nitrogens with zero attached hydrogens (tertiary/aromatic N) is 2. The summed E-state index contributed by atoms with van der Waals surface area (Å²) in [6, 6.07) is 8.66. The molecule has 0 aliphatic heterocycles. The van der Waals surface area contributed by atoms with Crippen molar-refractivity contribution in [2.24, 2.45) is 0 Å². The van der Waals surface area contributed by atoms with Crippen LogP contribution in [0.25, 0.3) is 5.69 Å². The van der Waals surface area contributed by atoms with Gasteiger partial charge in [-0.2, -0.15) is 5.10 Å². The second kappa shape index (κ2) is 4.22. The van der Waals surface area contributed by atoms with Gasteiger partial charge in [0.1, 0.15) is 5.69 Å². The summed E-state index contributed by atoms with van der Waals surface area (Å²) in [4.78, 5) is 10.8. The van der Waals surface area contributed by atoms with Gasteiger partial charge >= 0.3 is 0 Å². The van der Waals surface area contributed by atoms with Gasteiger partial charge in [0, 0.05) is 0 Å². The summed E-state index contributed by atoms with van der Waals surface area (Å²) in [6.07, 6.45) is -1.29. The molecule has 2 rings (SSSR count). The number of hydrogen-bond acceptors (Lipinski definition) is 2. The van der Waals surface area contributed by atoms with Crippen LogP contribution < -0.4 is 0 Å². The first-order valence-electron chi connectivity index (χ1n) is 4.60. The number of halogens is 2. The molecule has 0 amide bonds. The molecule has 0 aliphatic carbocycles. The Morgan fingerprint density at radius 3 is 2.50 bits per heavy atom. The molecule has 1 heterocycles. The van der Waals surface area contributed by atoms with E-state index in [2.05, 4.69) is 5.10 Å². The fraction of sp³-hybridized carbons (Fsp3) is 0.0909. The van der Waals surface area contributed by atoms with E-state index in [1.807, 2.05) is 0 Å². The molecule has 0 bridgehead atoms. The lowest BCUT2D eigenvalue weighted by Gasteiger charge is -2.03. The summed E-state index contributed by atoms with van der Waals surface area (Å²) >= 11 is 0. The molecular weight excluding hydrogens is 214 g/mol. The van der Waals surface area contributed by atoms with Crippen molar-refractivity contribution in [1.29, 1.82) is 0 Å². The van der Waals surface area contributed by atoms with Gasteiger partial charge in [-0.1, -0.05) is 18.2 Å². The van der Waals surface area contributed by atoms with Gasteiger partial charge in [0.2, 0.25) is 0 Å². The molecule has 0 N–H and O–H groups in total. The van der Waals surface area contributed by atoms with E-state index in [9.17, 15) is 13.6 Å². The van der Waals surface area contributed by atoms with E-state index in [1.165, 1.54) is 4.68 Å². The Bertz CT molecular complexity index is 494. The third kappa shape index (κ3) is 1.71. The van der Waals surface area contributed by atoms with E-state index in [4.69, 9.17) is 0 Å². The van der Waals surface area contributed by atoms with Crippen molar-refractivity contribution >= 4 is 6.29 Å². The molecule has 0 aliphatic rings. The number of aromatic nitrogens is 2. The molecule has 1 aromatic heterocycles. The van der Waals surface area contributed by atoms with Crippen molar-refractivity contribution in [2.75, 3.05) is 0 Å². The zero-order valence-electron chi connectivity index (χ0n) is 8.18. The minimum Gasteiger partial charge on any atom is -0.296 e. The number of carbonyl (C=O) groups is 1. The molecule has 0 saturated heterocycles. The summed E-state index contributed by atoms with van der Waals surface area (Å²) in [5.74, 6) is 0. The Hall–Kier alpha value is -2.04. The number of hydrogen-bond donors (Lipinski definition) is 0. The molecule has 0 saturated carbocycles. The molecule has 0 fully saturated rings. The SMILES string of the molecule is O=Cc1c(C(F)F)cnn1-c1ccccc1. The van der Waals surface area contributed by atoms with Crippen LogP contribution in [0.5, 0.6) is 0 Å². The van der Waals surface area contributed by atoms with Gasteiger partial charge in [0.25, 0.3) is 6.43 Å². The molecule has 3 nitrogen and oxygen atoms in total. The number of aldehydes is 1. The Labute approximate surface area is 90.3 Å². The van der Waals surface area contributed by atoms with Crippen molar-refractivity contribution in [3.05, 3.63) is 47.8 Å². The second-order valence-corrected chi connectivity index (χ2v) is 3.15. The van der Waals surface area contributed by atoms with Crippen molar-refractivity contribution in [3.63, 3.8) is 0 Å². The standard InChI is InChI=1S/C11H8F2N2O/c12-11(13)9-6-14-15(10(9)7-16)8-4-2-1-3-5-8/h1-7,11H. The zero-order chi connectivity index (χ0) is 11.5.